The third kappa shape index (κ3) is 3.49. The molecular formula is C18H29NO. The van der Waals surface area contributed by atoms with Crippen molar-refractivity contribution < 1.29 is 4.79 Å². The van der Waals surface area contributed by atoms with Crippen LogP contribution in [0.3, 0.4) is 0 Å². The highest BCUT2D eigenvalue weighted by molar-refractivity contribution is 5.90. The van der Waals surface area contributed by atoms with E-state index in [1.165, 1.54) is 5.56 Å². The summed E-state index contributed by atoms with van der Waals surface area (Å²) in [6.45, 7) is 12.5. The second-order valence-corrected chi connectivity index (χ2v) is 5.50. The fourth-order valence-corrected chi connectivity index (χ4v) is 3.27. The summed E-state index contributed by atoms with van der Waals surface area (Å²) >= 11 is 0. The maximum atomic E-state index is 12.9. The predicted molar refractivity (Wildman–Crippen MR) is 86.1 cm³/mol. The van der Waals surface area contributed by atoms with Crippen LogP contribution in [-0.2, 0) is 11.2 Å². The molecule has 112 valence electrons. The van der Waals surface area contributed by atoms with Gasteiger partial charge in [0.05, 0.1) is 5.54 Å². The van der Waals surface area contributed by atoms with Gasteiger partial charge < -0.3 is 0 Å². The molecule has 0 N–H and O–H groups in total. The first-order chi connectivity index (χ1) is 9.53. The molecule has 0 heterocycles. The SMILES string of the molecule is CCN(CC)C(CC)(CC)C(=O)Cc1cccc(C)c1. The van der Waals surface area contributed by atoms with E-state index < -0.39 is 0 Å². The van der Waals surface area contributed by atoms with Gasteiger partial charge in [-0.25, -0.2) is 0 Å². The van der Waals surface area contributed by atoms with E-state index in [9.17, 15) is 4.79 Å². The van der Waals surface area contributed by atoms with E-state index >= 15 is 0 Å². The maximum Gasteiger partial charge on any atom is 0.157 e. The fourth-order valence-electron chi connectivity index (χ4n) is 3.27. The zero-order valence-electron chi connectivity index (χ0n) is 13.7. The van der Waals surface area contributed by atoms with Crippen LogP contribution in [0.25, 0.3) is 0 Å². The van der Waals surface area contributed by atoms with Gasteiger partial charge in [-0.1, -0.05) is 57.5 Å². The minimum atomic E-state index is -0.298. The van der Waals surface area contributed by atoms with Crippen molar-refractivity contribution in [2.75, 3.05) is 13.1 Å². The molecule has 1 aromatic carbocycles. The van der Waals surface area contributed by atoms with E-state index in [1.807, 2.05) is 6.07 Å². The summed E-state index contributed by atoms with van der Waals surface area (Å²) in [5.41, 5.74) is 2.05. The number of hydrogen-bond donors (Lipinski definition) is 0. The van der Waals surface area contributed by atoms with Crippen LogP contribution < -0.4 is 0 Å². The highest BCUT2D eigenvalue weighted by atomic mass is 16.1. The fraction of sp³-hybridized carbons (Fsp3) is 0.611. The number of benzene rings is 1. The monoisotopic (exact) mass is 275 g/mol. The second kappa shape index (κ2) is 7.58. The van der Waals surface area contributed by atoms with Crippen molar-refractivity contribution in [2.45, 2.75) is 59.4 Å². The van der Waals surface area contributed by atoms with E-state index in [0.717, 1.165) is 31.5 Å². The van der Waals surface area contributed by atoms with Gasteiger partial charge in [0.2, 0.25) is 0 Å². The Labute approximate surface area is 124 Å². The third-order valence-corrected chi connectivity index (χ3v) is 4.50. The molecule has 0 fully saturated rings. The normalized spacial score (nSPS) is 11.9. The maximum absolute atomic E-state index is 12.9. The van der Waals surface area contributed by atoms with Crippen molar-refractivity contribution in [3.63, 3.8) is 0 Å². The zero-order chi connectivity index (χ0) is 15.2. The minimum Gasteiger partial charge on any atom is -0.297 e. The molecule has 0 radical (unpaired) electrons. The molecule has 1 aromatic rings. The molecule has 1 rings (SSSR count). The van der Waals surface area contributed by atoms with Crippen LogP contribution in [0.5, 0.6) is 0 Å². The molecule has 0 aliphatic rings. The number of Topliss-reactive ketones (excluding diaryl/α,β-unsaturated/α-hetero) is 1. The van der Waals surface area contributed by atoms with E-state index in [1.54, 1.807) is 0 Å². The summed E-state index contributed by atoms with van der Waals surface area (Å²) in [5.74, 6) is 0.358. The van der Waals surface area contributed by atoms with Gasteiger partial charge in [-0.2, -0.15) is 0 Å². The molecule has 0 aliphatic carbocycles. The van der Waals surface area contributed by atoms with Crippen LogP contribution in [0.1, 0.15) is 51.7 Å². The van der Waals surface area contributed by atoms with Crippen LogP contribution in [0.4, 0.5) is 0 Å². The molecule has 2 heteroatoms. The van der Waals surface area contributed by atoms with Crippen LogP contribution in [0.2, 0.25) is 0 Å². The van der Waals surface area contributed by atoms with Gasteiger partial charge in [-0.15, -0.1) is 0 Å². The first-order valence-electron chi connectivity index (χ1n) is 7.87. The molecular weight excluding hydrogens is 246 g/mol. The van der Waals surface area contributed by atoms with Crippen molar-refractivity contribution in [3.8, 4) is 0 Å². The molecule has 0 atom stereocenters. The quantitative estimate of drug-likeness (QED) is 0.714. The van der Waals surface area contributed by atoms with Crippen molar-refractivity contribution in [1.82, 2.24) is 4.90 Å². The molecule has 0 amide bonds. The van der Waals surface area contributed by atoms with E-state index in [2.05, 4.69) is 57.7 Å². The lowest BCUT2D eigenvalue weighted by Crippen LogP contribution is -2.54. The van der Waals surface area contributed by atoms with Crippen LogP contribution in [0, 0.1) is 6.92 Å². The lowest BCUT2D eigenvalue weighted by atomic mass is 9.82. The molecule has 0 aliphatic heterocycles. The van der Waals surface area contributed by atoms with Gasteiger partial charge in [0.1, 0.15) is 0 Å². The Hall–Kier alpha value is -1.15. The number of ketones is 1. The Balaban J connectivity index is 3.00. The second-order valence-electron chi connectivity index (χ2n) is 5.50. The summed E-state index contributed by atoms with van der Waals surface area (Å²) in [7, 11) is 0. The number of aryl methyl sites for hydroxylation is 1. The standard InChI is InChI=1S/C18H29NO/c1-6-18(7-2,19(8-3)9-4)17(20)14-16-12-10-11-15(5)13-16/h10-13H,6-9,14H2,1-5H3. The Morgan fingerprint density at radius 2 is 1.70 bits per heavy atom. The average molecular weight is 275 g/mol. The van der Waals surface area contributed by atoms with Gasteiger partial charge in [0, 0.05) is 6.42 Å². The van der Waals surface area contributed by atoms with Crippen LogP contribution in [0.15, 0.2) is 24.3 Å². The smallest absolute Gasteiger partial charge is 0.157 e. The summed E-state index contributed by atoms with van der Waals surface area (Å²) in [6.07, 6.45) is 2.31. The average Bonchev–Trinajstić information content (AvgIpc) is 2.44. The molecule has 20 heavy (non-hydrogen) atoms. The molecule has 0 saturated heterocycles. The van der Waals surface area contributed by atoms with Crippen molar-refractivity contribution in [3.05, 3.63) is 35.4 Å². The Morgan fingerprint density at radius 3 is 2.15 bits per heavy atom. The molecule has 0 spiro atoms. The summed E-state index contributed by atoms with van der Waals surface area (Å²) < 4.78 is 0. The number of hydrogen-bond acceptors (Lipinski definition) is 2. The Morgan fingerprint density at radius 1 is 1.10 bits per heavy atom. The molecule has 0 saturated carbocycles. The Bertz CT molecular complexity index is 431. The first kappa shape index (κ1) is 16.9. The molecule has 0 unspecified atom stereocenters. The summed E-state index contributed by atoms with van der Waals surface area (Å²) in [6, 6.07) is 8.29. The summed E-state index contributed by atoms with van der Waals surface area (Å²) in [5, 5.41) is 0. The van der Waals surface area contributed by atoms with Crippen molar-refractivity contribution >= 4 is 5.78 Å². The van der Waals surface area contributed by atoms with Gasteiger partial charge >= 0.3 is 0 Å². The van der Waals surface area contributed by atoms with Gasteiger partial charge in [-0.05, 0) is 38.4 Å². The Kier molecular flexibility index (Phi) is 6.41. The van der Waals surface area contributed by atoms with E-state index in [0.29, 0.717) is 12.2 Å². The zero-order valence-corrected chi connectivity index (χ0v) is 13.7. The van der Waals surface area contributed by atoms with Crippen LogP contribution in [-0.4, -0.2) is 29.3 Å². The van der Waals surface area contributed by atoms with Gasteiger partial charge in [0.25, 0.3) is 0 Å². The number of rotatable bonds is 8. The topological polar surface area (TPSA) is 20.3 Å². The van der Waals surface area contributed by atoms with Crippen molar-refractivity contribution in [1.29, 1.82) is 0 Å². The predicted octanol–water partition coefficient (Wildman–Crippen LogP) is 4.01. The third-order valence-electron chi connectivity index (χ3n) is 4.50. The van der Waals surface area contributed by atoms with Crippen LogP contribution >= 0.6 is 0 Å². The number of nitrogens with zero attached hydrogens (tertiary/aromatic N) is 1. The minimum absolute atomic E-state index is 0.298. The van der Waals surface area contributed by atoms with Gasteiger partial charge in [0.15, 0.2) is 5.78 Å². The lowest BCUT2D eigenvalue weighted by molar-refractivity contribution is -0.131. The summed E-state index contributed by atoms with van der Waals surface area (Å²) in [4.78, 5) is 15.3. The largest absolute Gasteiger partial charge is 0.297 e. The molecule has 0 bridgehead atoms. The molecule has 2 nitrogen and oxygen atoms in total. The number of carbonyl (C=O) groups excluding carboxylic acids is 1. The lowest BCUT2D eigenvalue weighted by Gasteiger charge is -2.41. The first-order valence-corrected chi connectivity index (χ1v) is 7.87. The number of likely N-dealkylation sites (N-methyl/N-ethyl adjacent to an activating group) is 1. The highest BCUT2D eigenvalue weighted by Crippen LogP contribution is 2.27. The van der Waals surface area contributed by atoms with E-state index in [-0.39, 0.29) is 5.54 Å². The van der Waals surface area contributed by atoms with E-state index in [4.69, 9.17) is 0 Å². The van der Waals surface area contributed by atoms with Crippen molar-refractivity contribution in [2.24, 2.45) is 0 Å². The molecule has 0 aromatic heterocycles. The van der Waals surface area contributed by atoms with Gasteiger partial charge in [-0.3, -0.25) is 9.69 Å². The number of carbonyl (C=O) groups is 1. The highest BCUT2D eigenvalue weighted by Gasteiger charge is 2.38.